The molecular weight excluding hydrogens is 299 g/mol. The van der Waals surface area contributed by atoms with Gasteiger partial charge in [0, 0.05) is 6.07 Å². The number of aromatic nitrogens is 2. The van der Waals surface area contributed by atoms with Crippen LogP contribution in [0.25, 0.3) is 10.9 Å². The molecule has 0 fully saturated rings. The van der Waals surface area contributed by atoms with Gasteiger partial charge < -0.3 is 9.84 Å². The van der Waals surface area contributed by atoms with Crippen LogP contribution in [0, 0.1) is 5.82 Å². The molecule has 3 aromatic rings. The largest absolute Gasteiger partial charge is 0.491 e. The third-order valence-corrected chi connectivity index (χ3v) is 3.38. The summed E-state index contributed by atoms with van der Waals surface area (Å²) in [6.07, 6.45) is 0.433. The van der Waals surface area contributed by atoms with Gasteiger partial charge in [-0.2, -0.15) is 0 Å². The SMILES string of the molecule is O=c1c2ccc(F)cc2ncn1C[C@@H](O)COc1ccccc1. The van der Waals surface area contributed by atoms with Crippen molar-refractivity contribution >= 4 is 10.9 Å². The Hall–Kier alpha value is -2.73. The molecule has 2 aromatic carbocycles. The van der Waals surface area contributed by atoms with Crippen LogP contribution in [0.2, 0.25) is 0 Å². The number of ether oxygens (including phenoxy) is 1. The molecule has 118 valence electrons. The Morgan fingerprint density at radius 2 is 2.00 bits per heavy atom. The number of hydrogen-bond donors (Lipinski definition) is 1. The number of aliphatic hydroxyl groups is 1. The van der Waals surface area contributed by atoms with Crippen molar-refractivity contribution < 1.29 is 14.2 Å². The van der Waals surface area contributed by atoms with Gasteiger partial charge in [0.15, 0.2) is 0 Å². The van der Waals surface area contributed by atoms with E-state index < -0.39 is 11.9 Å². The van der Waals surface area contributed by atoms with Crippen molar-refractivity contribution in [1.29, 1.82) is 0 Å². The van der Waals surface area contributed by atoms with Crippen molar-refractivity contribution in [3.63, 3.8) is 0 Å². The first-order chi connectivity index (χ1) is 11.1. The van der Waals surface area contributed by atoms with Crippen LogP contribution in [0.4, 0.5) is 4.39 Å². The molecule has 0 amide bonds. The predicted molar refractivity (Wildman–Crippen MR) is 83.9 cm³/mol. The fraction of sp³-hybridized carbons (Fsp3) is 0.176. The Balaban J connectivity index is 1.72. The highest BCUT2D eigenvalue weighted by molar-refractivity contribution is 5.77. The molecule has 1 aromatic heterocycles. The van der Waals surface area contributed by atoms with Crippen LogP contribution in [0.3, 0.4) is 0 Å². The maximum Gasteiger partial charge on any atom is 0.261 e. The predicted octanol–water partition coefficient (Wildman–Crippen LogP) is 1.98. The van der Waals surface area contributed by atoms with E-state index in [1.54, 1.807) is 12.1 Å². The minimum absolute atomic E-state index is 0.0476. The monoisotopic (exact) mass is 314 g/mol. The fourth-order valence-electron chi connectivity index (χ4n) is 2.25. The van der Waals surface area contributed by atoms with E-state index in [9.17, 15) is 14.3 Å². The zero-order valence-corrected chi connectivity index (χ0v) is 12.2. The lowest BCUT2D eigenvalue weighted by Gasteiger charge is -2.14. The number of fused-ring (bicyclic) bond motifs is 1. The first-order valence-electron chi connectivity index (χ1n) is 7.14. The van der Waals surface area contributed by atoms with Crippen molar-refractivity contribution in [2.24, 2.45) is 0 Å². The number of nitrogens with zero attached hydrogens (tertiary/aromatic N) is 2. The quantitative estimate of drug-likeness (QED) is 0.782. The minimum Gasteiger partial charge on any atom is -0.491 e. The van der Waals surface area contributed by atoms with E-state index in [0.29, 0.717) is 16.7 Å². The summed E-state index contributed by atoms with van der Waals surface area (Å²) in [5, 5.41) is 10.3. The average molecular weight is 314 g/mol. The molecule has 6 heteroatoms. The number of benzene rings is 2. The first-order valence-corrected chi connectivity index (χ1v) is 7.14. The summed E-state index contributed by atoms with van der Waals surface area (Å²) < 4.78 is 19.9. The van der Waals surface area contributed by atoms with Gasteiger partial charge >= 0.3 is 0 Å². The molecule has 1 heterocycles. The molecule has 0 bridgehead atoms. The Bertz CT molecular complexity index is 865. The molecular formula is C17H15FN2O3. The van der Waals surface area contributed by atoms with Crippen LogP contribution in [-0.2, 0) is 6.54 Å². The van der Waals surface area contributed by atoms with Gasteiger partial charge in [-0.05, 0) is 24.3 Å². The van der Waals surface area contributed by atoms with Crippen LogP contribution in [0.1, 0.15) is 0 Å². The molecule has 0 saturated carbocycles. The van der Waals surface area contributed by atoms with Gasteiger partial charge in [0.25, 0.3) is 5.56 Å². The Labute approximate surface area is 131 Å². The van der Waals surface area contributed by atoms with E-state index in [2.05, 4.69) is 4.98 Å². The van der Waals surface area contributed by atoms with Gasteiger partial charge in [-0.15, -0.1) is 0 Å². The molecule has 0 saturated heterocycles. The molecule has 0 aliphatic heterocycles. The van der Waals surface area contributed by atoms with E-state index in [1.807, 2.05) is 18.2 Å². The van der Waals surface area contributed by atoms with Crippen LogP contribution in [-0.4, -0.2) is 27.4 Å². The Kier molecular flexibility index (Phi) is 4.34. The lowest BCUT2D eigenvalue weighted by atomic mass is 10.2. The second kappa shape index (κ2) is 6.58. The maximum atomic E-state index is 13.1. The molecule has 23 heavy (non-hydrogen) atoms. The summed E-state index contributed by atoms with van der Waals surface area (Å²) >= 11 is 0. The van der Waals surface area contributed by atoms with Gasteiger partial charge in [0.1, 0.15) is 24.3 Å². The zero-order valence-electron chi connectivity index (χ0n) is 12.2. The van der Waals surface area contributed by atoms with Crippen LogP contribution >= 0.6 is 0 Å². The molecule has 3 rings (SSSR count). The lowest BCUT2D eigenvalue weighted by Crippen LogP contribution is -2.30. The van der Waals surface area contributed by atoms with E-state index in [1.165, 1.54) is 29.1 Å². The fourth-order valence-corrected chi connectivity index (χ4v) is 2.25. The first kappa shape index (κ1) is 15.2. The summed E-state index contributed by atoms with van der Waals surface area (Å²) in [6, 6.07) is 12.9. The number of para-hydroxylation sites is 1. The number of rotatable bonds is 5. The van der Waals surface area contributed by atoms with Crippen molar-refractivity contribution in [1.82, 2.24) is 9.55 Å². The standard InChI is InChI=1S/C17H15FN2O3/c18-12-6-7-15-16(8-12)19-11-20(17(15)22)9-13(21)10-23-14-4-2-1-3-5-14/h1-8,11,13,21H,9-10H2/t13-/m1/s1. The van der Waals surface area contributed by atoms with Crippen molar-refractivity contribution in [3.8, 4) is 5.75 Å². The van der Waals surface area contributed by atoms with Gasteiger partial charge in [0.05, 0.1) is 23.8 Å². The molecule has 1 N–H and O–H groups in total. The van der Waals surface area contributed by atoms with E-state index in [0.717, 1.165) is 0 Å². The van der Waals surface area contributed by atoms with Gasteiger partial charge in [-0.3, -0.25) is 9.36 Å². The second-order valence-electron chi connectivity index (χ2n) is 5.14. The van der Waals surface area contributed by atoms with Gasteiger partial charge in [-0.25, -0.2) is 9.37 Å². The van der Waals surface area contributed by atoms with Crippen LogP contribution in [0.5, 0.6) is 5.75 Å². The summed E-state index contributed by atoms with van der Waals surface area (Å²) in [7, 11) is 0. The molecule has 0 aliphatic carbocycles. The Morgan fingerprint density at radius 1 is 1.22 bits per heavy atom. The molecule has 5 nitrogen and oxygen atoms in total. The molecule has 0 radical (unpaired) electrons. The smallest absolute Gasteiger partial charge is 0.261 e. The van der Waals surface area contributed by atoms with E-state index >= 15 is 0 Å². The topological polar surface area (TPSA) is 64.4 Å². The van der Waals surface area contributed by atoms with E-state index in [-0.39, 0.29) is 18.7 Å². The Morgan fingerprint density at radius 3 is 2.78 bits per heavy atom. The molecule has 0 unspecified atom stereocenters. The van der Waals surface area contributed by atoms with Gasteiger partial charge in [0.2, 0.25) is 0 Å². The molecule has 0 aliphatic rings. The number of aliphatic hydroxyl groups excluding tert-OH is 1. The normalized spacial score (nSPS) is 12.3. The highest BCUT2D eigenvalue weighted by Gasteiger charge is 2.10. The van der Waals surface area contributed by atoms with Gasteiger partial charge in [-0.1, -0.05) is 18.2 Å². The van der Waals surface area contributed by atoms with Crippen LogP contribution in [0.15, 0.2) is 59.7 Å². The van der Waals surface area contributed by atoms with Crippen molar-refractivity contribution in [3.05, 3.63) is 71.0 Å². The third-order valence-electron chi connectivity index (χ3n) is 3.38. The van der Waals surface area contributed by atoms with E-state index in [4.69, 9.17) is 4.74 Å². The highest BCUT2D eigenvalue weighted by Crippen LogP contribution is 2.10. The third kappa shape index (κ3) is 3.54. The average Bonchev–Trinajstić information content (AvgIpc) is 2.56. The number of halogens is 1. The van der Waals surface area contributed by atoms with Crippen molar-refractivity contribution in [2.75, 3.05) is 6.61 Å². The minimum atomic E-state index is -0.868. The lowest BCUT2D eigenvalue weighted by molar-refractivity contribution is 0.0915. The maximum absolute atomic E-state index is 13.1. The summed E-state index contributed by atoms with van der Waals surface area (Å²) in [6.45, 7) is 0.101. The number of hydrogen-bond acceptors (Lipinski definition) is 4. The van der Waals surface area contributed by atoms with Crippen LogP contribution < -0.4 is 10.3 Å². The summed E-state index contributed by atoms with van der Waals surface area (Å²) in [4.78, 5) is 16.3. The van der Waals surface area contributed by atoms with Crippen molar-refractivity contribution in [2.45, 2.75) is 12.6 Å². The molecule has 1 atom stereocenters. The second-order valence-corrected chi connectivity index (χ2v) is 5.14. The summed E-state index contributed by atoms with van der Waals surface area (Å²) in [5.74, 6) is 0.199. The zero-order chi connectivity index (χ0) is 16.2. The summed E-state index contributed by atoms with van der Waals surface area (Å²) in [5.41, 5.74) is -0.0324. The molecule has 0 spiro atoms. The highest BCUT2D eigenvalue weighted by atomic mass is 19.1.